The Morgan fingerprint density at radius 2 is 2.05 bits per heavy atom. The van der Waals surface area contributed by atoms with Crippen molar-refractivity contribution in [1.29, 1.82) is 0 Å². The Morgan fingerprint density at radius 3 is 2.62 bits per heavy atom. The number of carbonyl (C=O) groups is 1. The molecule has 0 bridgehead atoms. The highest BCUT2D eigenvalue weighted by molar-refractivity contribution is 5.68. The zero-order chi connectivity index (χ0) is 15.7. The molecule has 1 amide bonds. The third-order valence-electron chi connectivity index (χ3n) is 3.43. The first-order valence-electron chi connectivity index (χ1n) is 7.83. The molecule has 1 aliphatic rings. The van der Waals surface area contributed by atoms with Crippen LogP contribution in [0.15, 0.2) is 12.8 Å². The Morgan fingerprint density at radius 1 is 1.38 bits per heavy atom. The van der Waals surface area contributed by atoms with Gasteiger partial charge < -0.3 is 19.7 Å². The van der Waals surface area contributed by atoms with Crippen molar-refractivity contribution in [3.05, 3.63) is 12.8 Å². The molecular formula is C16H30N2O3. The van der Waals surface area contributed by atoms with E-state index in [9.17, 15) is 4.79 Å². The van der Waals surface area contributed by atoms with Crippen LogP contribution in [0.5, 0.6) is 0 Å². The second-order valence-electron chi connectivity index (χ2n) is 6.51. The number of hydrogen-bond acceptors (Lipinski definition) is 4. The van der Waals surface area contributed by atoms with Crippen molar-refractivity contribution in [2.75, 3.05) is 32.8 Å². The van der Waals surface area contributed by atoms with Crippen LogP contribution < -0.4 is 5.32 Å². The molecule has 122 valence electrons. The minimum Gasteiger partial charge on any atom is -0.502 e. The van der Waals surface area contributed by atoms with Gasteiger partial charge in [-0.25, -0.2) is 4.79 Å². The molecule has 0 atom stereocenters. The first-order chi connectivity index (χ1) is 9.92. The number of rotatable bonds is 7. The van der Waals surface area contributed by atoms with Crippen molar-refractivity contribution >= 4 is 6.09 Å². The average Bonchev–Trinajstić information content (AvgIpc) is 2.41. The summed E-state index contributed by atoms with van der Waals surface area (Å²) in [7, 11) is 0. The molecule has 0 radical (unpaired) electrons. The van der Waals surface area contributed by atoms with Gasteiger partial charge in [-0.2, -0.15) is 0 Å². The average molecular weight is 298 g/mol. The fourth-order valence-electron chi connectivity index (χ4n) is 2.32. The summed E-state index contributed by atoms with van der Waals surface area (Å²) < 4.78 is 10.5. The molecule has 0 aromatic carbocycles. The van der Waals surface area contributed by atoms with E-state index in [1.54, 1.807) is 0 Å². The Kier molecular flexibility index (Phi) is 7.57. The maximum absolute atomic E-state index is 11.9. The molecule has 1 saturated heterocycles. The zero-order valence-electron chi connectivity index (χ0n) is 13.7. The van der Waals surface area contributed by atoms with Crippen molar-refractivity contribution in [3.8, 4) is 0 Å². The summed E-state index contributed by atoms with van der Waals surface area (Å²) >= 11 is 0. The monoisotopic (exact) mass is 298 g/mol. The minimum atomic E-state index is -0.414. The predicted molar refractivity (Wildman–Crippen MR) is 84.2 cm³/mol. The molecule has 0 aromatic heterocycles. The van der Waals surface area contributed by atoms with Gasteiger partial charge in [0, 0.05) is 13.1 Å². The lowest BCUT2D eigenvalue weighted by Crippen LogP contribution is -2.43. The van der Waals surface area contributed by atoms with Crippen LogP contribution in [0.2, 0.25) is 0 Å². The standard InChI is InChI=1S/C16H30N2O3/c1-5-20-12-6-9-17-13-14-7-10-18(11-8-14)15(19)21-16(2,3)4/h5,14,17H,1,6-13H2,2-4H3. The molecule has 0 aromatic rings. The van der Waals surface area contributed by atoms with Gasteiger partial charge in [-0.1, -0.05) is 6.58 Å². The summed E-state index contributed by atoms with van der Waals surface area (Å²) in [4.78, 5) is 13.8. The highest BCUT2D eigenvalue weighted by atomic mass is 16.6. The van der Waals surface area contributed by atoms with Crippen LogP contribution in [0.4, 0.5) is 4.79 Å². The van der Waals surface area contributed by atoms with Crippen LogP contribution in [0.25, 0.3) is 0 Å². The third-order valence-corrected chi connectivity index (χ3v) is 3.43. The van der Waals surface area contributed by atoms with E-state index < -0.39 is 5.60 Å². The maximum Gasteiger partial charge on any atom is 0.410 e. The number of nitrogens with zero attached hydrogens (tertiary/aromatic N) is 1. The van der Waals surface area contributed by atoms with Gasteiger partial charge in [0.05, 0.1) is 12.9 Å². The predicted octanol–water partition coefficient (Wildman–Crippen LogP) is 2.77. The third kappa shape index (κ3) is 7.95. The fraction of sp³-hybridized carbons (Fsp3) is 0.812. The van der Waals surface area contributed by atoms with Gasteiger partial charge in [0.15, 0.2) is 0 Å². The van der Waals surface area contributed by atoms with Gasteiger partial charge in [-0.15, -0.1) is 0 Å². The van der Waals surface area contributed by atoms with Gasteiger partial charge in [0.2, 0.25) is 0 Å². The topological polar surface area (TPSA) is 50.8 Å². The van der Waals surface area contributed by atoms with Crippen LogP contribution in [-0.2, 0) is 9.47 Å². The van der Waals surface area contributed by atoms with Crippen molar-refractivity contribution in [2.45, 2.75) is 45.6 Å². The summed E-state index contributed by atoms with van der Waals surface area (Å²) in [5.74, 6) is 0.643. The van der Waals surface area contributed by atoms with E-state index in [2.05, 4.69) is 11.9 Å². The second-order valence-corrected chi connectivity index (χ2v) is 6.51. The maximum atomic E-state index is 11.9. The van der Waals surface area contributed by atoms with E-state index in [0.29, 0.717) is 12.5 Å². The molecule has 1 heterocycles. The summed E-state index contributed by atoms with van der Waals surface area (Å²) in [6, 6.07) is 0. The van der Waals surface area contributed by atoms with E-state index >= 15 is 0 Å². The van der Waals surface area contributed by atoms with Crippen molar-refractivity contribution in [1.82, 2.24) is 10.2 Å². The number of carbonyl (C=O) groups excluding carboxylic acids is 1. The molecule has 0 spiro atoms. The van der Waals surface area contributed by atoms with Crippen LogP contribution >= 0.6 is 0 Å². The SMILES string of the molecule is C=COCCCNCC1CCN(C(=O)OC(C)(C)C)CC1. The van der Waals surface area contributed by atoms with Gasteiger partial charge in [-0.05, 0) is 59.0 Å². The van der Waals surface area contributed by atoms with E-state index in [0.717, 1.165) is 45.4 Å². The van der Waals surface area contributed by atoms with Crippen LogP contribution in [-0.4, -0.2) is 49.4 Å². The molecule has 5 heteroatoms. The lowest BCUT2D eigenvalue weighted by Gasteiger charge is -2.33. The molecule has 0 saturated carbocycles. The molecule has 1 rings (SSSR count). The number of likely N-dealkylation sites (tertiary alicyclic amines) is 1. The quantitative estimate of drug-likeness (QED) is 0.580. The Labute approximate surface area is 128 Å². The molecule has 1 N–H and O–H groups in total. The second kappa shape index (κ2) is 8.93. The molecule has 0 unspecified atom stereocenters. The zero-order valence-corrected chi connectivity index (χ0v) is 13.7. The molecule has 0 aliphatic carbocycles. The number of piperidine rings is 1. The molecular weight excluding hydrogens is 268 g/mol. The minimum absolute atomic E-state index is 0.185. The Bertz CT molecular complexity index is 318. The van der Waals surface area contributed by atoms with Gasteiger partial charge in [0.1, 0.15) is 5.60 Å². The van der Waals surface area contributed by atoms with Crippen molar-refractivity contribution in [2.24, 2.45) is 5.92 Å². The van der Waals surface area contributed by atoms with Gasteiger partial charge >= 0.3 is 6.09 Å². The van der Waals surface area contributed by atoms with Crippen LogP contribution in [0, 0.1) is 5.92 Å². The van der Waals surface area contributed by atoms with Crippen LogP contribution in [0.3, 0.4) is 0 Å². The first kappa shape index (κ1) is 17.8. The fourth-order valence-corrected chi connectivity index (χ4v) is 2.32. The highest BCUT2D eigenvalue weighted by Crippen LogP contribution is 2.19. The van der Waals surface area contributed by atoms with Gasteiger partial charge in [-0.3, -0.25) is 0 Å². The molecule has 1 fully saturated rings. The van der Waals surface area contributed by atoms with Gasteiger partial charge in [0.25, 0.3) is 0 Å². The number of hydrogen-bond donors (Lipinski definition) is 1. The van der Waals surface area contributed by atoms with E-state index in [1.807, 2.05) is 25.7 Å². The number of amides is 1. The van der Waals surface area contributed by atoms with E-state index in [4.69, 9.17) is 9.47 Å². The summed E-state index contributed by atoms with van der Waals surface area (Å²) in [5.41, 5.74) is -0.414. The molecule has 21 heavy (non-hydrogen) atoms. The van der Waals surface area contributed by atoms with Crippen molar-refractivity contribution in [3.63, 3.8) is 0 Å². The lowest BCUT2D eigenvalue weighted by molar-refractivity contribution is 0.0184. The summed E-state index contributed by atoms with van der Waals surface area (Å²) in [5, 5.41) is 3.45. The van der Waals surface area contributed by atoms with Crippen LogP contribution in [0.1, 0.15) is 40.0 Å². The largest absolute Gasteiger partial charge is 0.502 e. The Balaban J connectivity index is 2.12. The lowest BCUT2D eigenvalue weighted by atomic mass is 9.97. The number of nitrogens with one attached hydrogen (secondary N) is 1. The highest BCUT2D eigenvalue weighted by Gasteiger charge is 2.26. The first-order valence-corrected chi connectivity index (χ1v) is 7.83. The summed E-state index contributed by atoms with van der Waals surface area (Å²) in [6.07, 6.45) is 4.36. The van der Waals surface area contributed by atoms with E-state index in [-0.39, 0.29) is 6.09 Å². The Hall–Kier alpha value is -1.23. The normalized spacial score (nSPS) is 16.6. The molecule has 1 aliphatic heterocycles. The van der Waals surface area contributed by atoms with Crippen molar-refractivity contribution < 1.29 is 14.3 Å². The smallest absolute Gasteiger partial charge is 0.410 e. The molecule has 5 nitrogen and oxygen atoms in total. The summed E-state index contributed by atoms with van der Waals surface area (Å²) in [6.45, 7) is 13.5. The number of ether oxygens (including phenoxy) is 2. The van der Waals surface area contributed by atoms with E-state index in [1.165, 1.54) is 6.26 Å².